The van der Waals surface area contributed by atoms with Crippen LogP contribution in [0.15, 0.2) is 97.1 Å². The van der Waals surface area contributed by atoms with Gasteiger partial charge in [0.2, 0.25) is 0 Å². The number of hydrogen-bond donors (Lipinski definition) is 0. The summed E-state index contributed by atoms with van der Waals surface area (Å²) in [6.07, 6.45) is 0. The van der Waals surface area contributed by atoms with Crippen LogP contribution >= 0.6 is 11.6 Å². The third-order valence-corrected chi connectivity index (χ3v) is 6.23. The lowest BCUT2D eigenvalue weighted by atomic mass is 9.93. The van der Waals surface area contributed by atoms with Crippen molar-refractivity contribution in [3.8, 4) is 39.1 Å². The largest absolute Gasteiger partial charge is 0.492 e. The predicted octanol–water partition coefficient (Wildman–Crippen LogP) is 8.06. The van der Waals surface area contributed by atoms with E-state index < -0.39 is 0 Å². The highest BCUT2D eigenvalue weighted by atomic mass is 35.5. The molecule has 33 heavy (non-hydrogen) atoms. The maximum absolute atomic E-state index is 6.12. The molecule has 0 bridgehead atoms. The Labute approximate surface area is 202 Å². The molecule has 0 aliphatic carbocycles. The van der Waals surface area contributed by atoms with E-state index in [-0.39, 0.29) is 0 Å². The summed E-state index contributed by atoms with van der Waals surface area (Å²) < 4.78 is 5.97. The Kier molecular flexibility index (Phi) is 7.83. The van der Waals surface area contributed by atoms with E-state index >= 15 is 0 Å². The first-order chi connectivity index (χ1) is 16.2. The Bertz CT molecular complexity index is 1150. The second-order valence-corrected chi connectivity index (χ2v) is 8.51. The van der Waals surface area contributed by atoms with Gasteiger partial charge in [-0.05, 0) is 88.9 Å². The first-order valence-corrected chi connectivity index (χ1v) is 12.0. The van der Waals surface area contributed by atoms with Gasteiger partial charge in [0.25, 0.3) is 0 Å². The van der Waals surface area contributed by atoms with Crippen LogP contribution in [0.5, 0.6) is 5.75 Å². The van der Waals surface area contributed by atoms with Crippen LogP contribution in [0.1, 0.15) is 13.8 Å². The molecular formula is C30H30ClNO. The van der Waals surface area contributed by atoms with Gasteiger partial charge in [0, 0.05) is 11.6 Å². The van der Waals surface area contributed by atoms with Crippen molar-refractivity contribution in [2.45, 2.75) is 13.8 Å². The van der Waals surface area contributed by atoms with E-state index in [1.807, 2.05) is 18.2 Å². The number of rotatable bonds is 9. The fourth-order valence-electron chi connectivity index (χ4n) is 3.98. The minimum Gasteiger partial charge on any atom is -0.492 e. The summed E-state index contributed by atoms with van der Waals surface area (Å²) in [7, 11) is 0. The summed E-state index contributed by atoms with van der Waals surface area (Å²) >= 11 is 6.12. The second kappa shape index (κ2) is 11.2. The topological polar surface area (TPSA) is 12.5 Å². The molecule has 3 heteroatoms. The average molecular weight is 456 g/mol. The molecule has 0 heterocycles. The Morgan fingerprint density at radius 1 is 0.606 bits per heavy atom. The smallest absolute Gasteiger partial charge is 0.119 e. The summed E-state index contributed by atoms with van der Waals surface area (Å²) in [4.78, 5) is 2.36. The van der Waals surface area contributed by atoms with E-state index in [1.165, 1.54) is 27.8 Å². The van der Waals surface area contributed by atoms with Gasteiger partial charge < -0.3 is 9.64 Å². The molecule has 0 radical (unpaired) electrons. The number of likely N-dealkylation sites (N-methyl/N-ethyl adjacent to an activating group) is 1. The molecule has 4 rings (SSSR count). The van der Waals surface area contributed by atoms with Gasteiger partial charge in [-0.2, -0.15) is 0 Å². The van der Waals surface area contributed by atoms with E-state index in [4.69, 9.17) is 16.3 Å². The standard InChI is InChI=1S/C30H30ClNO/c1-3-32(4-2)18-19-33-30-16-12-25(13-17-30)28-21-26(23-8-6-5-7-9-23)20-27(22-28)24-10-14-29(31)15-11-24/h5-17,20-22H,3-4,18-19H2,1-2H3. The van der Waals surface area contributed by atoms with E-state index in [9.17, 15) is 0 Å². The van der Waals surface area contributed by atoms with Crippen molar-refractivity contribution in [2.75, 3.05) is 26.2 Å². The highest BCUT2D eigenvalue weighted by Gasteiger charge is 2.08. The third kappa shape index (κ3) is 6.04. The molecule has 0 fully saturated rings. The third-order valence-electron chi connectivity index (χ3n) is 5.98. The van der Waals surface area contributed by atoms with Crippen LogP contribution in [-0.4, -0.2) is 31.1 Å². The van der Waals surface area contributed by atoms with E-state index in [0.29, 0.717) is 6.61 Å². The summed E-state index contributed by atoms with van der Waals surface area (Å²) in [5.41, 5.74) is 7.05. The normalized spacial score (nSPS) is 11.0. The minimum atomic E-state index is 0.700. The summed E-state index contributed by atoms with van der Waals surface area (Å²) in [6, 6.07) is 33.7. The van der Waals surface area contributed by atoms with Crippen molar-refractivity contribution in [3.05, 3.63) is 102 Å². The monoisotopic (exact) mass is 455 g/mol. The van der Waals surface area contributed by atoms with Crippen LogP contribution in [0.25, 0.3) is 33.4 Å². The molecule has 0 saturated carbocycles. The minimum absolute atomic E-state index is 0.700. The summed E-state index contributed by atoms with van der Waals surface area (Å²) in [6.45, 7) is 8.10. The Morgan fingerprint density at radius 3 is 1.61 bits per heavy atom. The highest BCUT2D eigenvalue weighted by Crippen LogP contribution is 2.33. The molecule has 168 valence electrons. The van der Waals surface area contributed by atoms with Crippen LogP contribution in [-0.2, 0) is 0 Å². The van der Waals surface area contributed by atoms with Crippen molar-refractivity contribution in [3.63, 3.8) is 0 Å². The van der Waals surface area contributed by atoms with Gasteiger partial charge >= 0.3 is 0 Å². The van der Waals surface area contributed by atoms with Gasteiger partial charge in [-0.25, -0.2) is 0 Å². The lowest BCUT2D eigenvalue weighted by molar-refractivity contribution is 0.223. The first-order valence-electron chi connectivity index (χ1n) is 11.6. The zero-order valence-electron chi connectivity index (χ0n) is 19.3. The van der Waals surface area contributed by atoms with Crippen LogP contribution in [0.2, 0.25) is 5.02 Å². The fraction of sp³-hybridized carbons (Fsp3) is 0.200. The number of ether oxygens (including phenoxy) is 1. The van der Waals surface area contributed by atoms with Crippen molar-refractivity contribution in [1.82, 2.24) is 4.90 Å². The molecular weight excluding hydrogens is 426 g/mol. The number of hydrogen-bond acceptors (Lipinski definition) is 2. The Hall–Kier alpha value is -3.07. The molecule has 4 aromatic rings. The van der Waals surface area contributed by atoms with Crippen molar-refractivity contribution in [2.24, 2.45) is 0 Å². The highest BCUT2D eigenvalue weighted by molar-refractivity contribution is 6.30. The molecule has 0 aliphatic rings. The number of benzene rings is 4. The molecule has 0 amide bonds. The van der Waals surface area contributed by atoms with Gasteiger partial charge in [-0.1, -0.05) is 80.0 Å². The van der Waals surface area contributed by atoms with Crippen LogP contribution < -0.4 is 4.74 Å². The molecule has 0 aliphatic heterocycles. The lowest BCUT2D eigenvalue weighted by Gasteiger charge is -2.18. The van der Waals surface area contributed by atoms with Crippen molar-refractivity contribution < 1.29 is 4.74 Å². The zero-order chi connectivity index (χ0) is 23.0. The van der Waals surface area contributed by atoms with E-state index in [2.05, 4.69) is 97.6 Å². The van der Waals surface area contributed by atoms with Crippen LogP contribution in [0, 0.1) is 0 Å². The molecule has 0 N–H and O–H groups in total. The van der Waals surface area contributed by atoms with Gasteiger partial charge in [0.15, 0.2) is 0 Å². The predicted molar refractivity (Wildman–Crippen MR) is 141 cm³/mol. The maximum Gasteiger partial charge on any atom is 0.119 e. The molecule has 0 saturated heterocycles. The van der Waals surface area contributed by atoms with Gasteiger partial charge in [-0.15, -0.1) is 0 Å². The van der Waals surface area contributed by atoms with Gasteiger partial charge in [0.1, 0.15) is 12.4 Å². The molecule has 2 nitrogen and oxygen atoms in total. The van der Waals surface area contributed by atoms with Crippen molar-refractivity contribution in [1.29, 1.82) is 0 Å². The van der Waals surface area contributed by atoms with Gasteiger partial charge in [-0.3, -0.25) is 0 Å². The van der Waals surface area contributed by atoms with E-state index in [0.717, 1.165) is 36.0 Å². The van der Waals surface area contributed by atoms with Crippen molar-refractivity contribution >= 4 is 11.6 Å². The zero-order valence-corrected chi connectivity index (χ0v) is 20.1. The summed E-state index contributed by atoms with van der Waals surface area (Å²) in [5.74, 6) is 0.906. The molecule has 0 aromatic heterocycles. The van der Waals surface area contributed by atoms with Gasteiger partial charge in [0.05, 0.1) is 0 Å². The molecule has 4 aromatic carbocycles. The number of halogens is 1. The Balaban J connectivity index is 1.62. The molecule has 0 unspecified atom stereocenters. The number of nitrogens with zero attached hydrogens (tertiary/aromatic N) is 1. The Morgan fingerprint density at radius 2 is 1.09 bits per heavy atom. The van der Waals surface area contributed by atoms with Crippen LogP contribution in [0.4, 0.5) is 0 Å². The molecule has 0 spiro atoms. The fourth-order valence-corrected chi connectivity index (χ4v) is 4.10. The summed E-state index contributed by atoms with van der Waals surface area (Å²) in [5, 5.41) is 0.745. The average Bonchev–Trinajstić information content (AvgIpc) is 2.88. The first kappa shape index (κ1) is 23.1. The van der Waals surface area contributed by atoms with E-state index in [1.54, 1.807) is 0 Å². The van der Waals surface area contributed by atoms with Crippen LogP contribution in [0.3, 0.4) is 0 Å². The molecule has 0 atom stereocenters. The lowest BCUT2D eigenvalue weighted by Crippen LogP contribution is -2.27. The SMILES string of the molecule is CCN(CC)CCOc1ccc(-c2cc(-c3ccccc3)cc(-c3ccc(Cl)cc3)c2)cc1. The second-order valence-electron chi connectivity index (χ2n) is 8.07. The quantitative estimate of drug-likeness (QED) is 0.253. The maximum atomic E-state index is 6.12.